The Bertz CT molecular complexity index is 375. The molecule has 0 bridgehead atoms. The molecule has 1 unspecified atom stereocenters. The van der Waals surface area contributed by atoms with E-state index in [1.807, 2.05) is 29.3 Å². The maximum atomic E-state index is 12.1. The van der Waals surface area contributed by atoms with Crippen molar-refractivity contribution in [1.82, 2.24) is 10.2 Å². The Labute approximate surface area is 118 Å². The van der Waals surface area contributed by atoms with Crippen LogP contribution in [0, 0.1) is 0 Å². The molecule has 1 fully saturated rings. The average Bonchev–Trinajstić information content (AvgIpc) is 2.96. The molecule has 0 saturated carbocycles. The first-order chi connectivity index (χ1) is 9.29. The van der Waals surface area contributed by atoms with Gasteiger partial charge < -0.3 is 15.0 Å². The molecule has 2 amide bonds. The molecule has 1 aromatic heterocycles. The van der Waals surface area contributed by atoms with Crippen LogP contribution >= 0.6 is 11.3 Å². The van der Waals surface area contributed by atoms with Crippen molar-refractivity contribution in [3.8, 4) is 0 Å². The highest BCUT2D eigenvalue weighted by Crippen LogP contribution is 2.14. The lowest BCUT2D eigenvalue weighted by molar-refractivity contribution is 0.00132. The predicted molar refractivity (Wildman–Crippen MR) is 77.4 cm³/mol. The van der Waals surface area contributed by atoms with E-state index in [1.165, 1.54) is 11.3 Å². The number of rotatable bonds is 5. The highest BCUT2D eigenvalue weighted by molar-refractivity contribution is 7.09. The van der Waals surface area contributed by atoms with Crippen molar-refractivity contribution in [3.05, 3.63) is 22.4 Å². The van der Waals surface area contributed by atoms with Crippen molar-refractivity contribution >= 4 is 17.4 Å². The Hall–Kier alpha value is -1.07. The number of urea groups is 1. The summed E-state index contributed by atoms with van der Waals surface area (Å²) in [7, 11) is 0. The quantitative estimate of drug-likeness (QED) is 0.902. The highest BCUT2D eigenvalue weighted by Gasteiger charge is 2.20. The number of hydrogen-bond acceptors (Lipinski definition) is 3. The molecule has 106 valence electrons. The van der Waals surface area contributed by atoms with Crippen molar-refractivity contribution < 1.29 is 9.53 Å². The van der Waals surface area contributed by atoms with Crippen LogP contribution in [0.1, 0.15) is 31.1 Å². The molecular weight excluding hydrogens is 260 g/mol. The molecule has 2 heterocycles. The third kappa shape index (κ3) is 4.51. The van der Waals surface area contributed by atoms with Gasteiger partial charge in [0.2, 0.25) is 0 Å². The zero-order chi connectivity index (χ0) is 13.5. The van der Waals surface area contributed by atoms with Gasteiger partial charge in [0.1, 0.15) is 0 Å². The normalized spacial score (nSPS) is 19.1. The smallest absolute Gasteiger partial charge is 0.317 e. The number of nitrogens with zero attached hydrogens (tertiary/aromatic N) is 1. The Morgan fingerprint density at radius 2 is 2.47 bits per heavy atom. The first kappa shape index (κ1) is 14.3. The maximum absolute atomic E-state index is 12.1. The molecule has 1 aliphatic heterocycles. The van der Waals surface area contributed by atoms with Crippen LogP contribution in [0.25, 0.3) is 0 Å². The van der Waals surface area contributed by atoms with E-state index in [0.29, 0.717) is 13.1 Å². The molecular formula is C14H22N2O2S. The number of nitrogens with one attached hydrogen (secondary N) is 1. The molecule has 2 rings (SSSR count). The molecule has 1 N–H and O–H groups in total. The van der Waals surface area contributed by atoms with Gasteiger partial charge in [0.25, 0.3) is 0 Å². The number of hydrogen-bond donors (Lipinski definition) is 1. The van der Waals surface area contributed by atoms with Gasteiger partial charge in [-0.1, -0.05) is 6.07 Å². The Morgan fingerprint density at radius 3 is 3.11 bits per heavy atom. The minimum absolute atomic E-state index is 0.00470. The molecule has 1 aliphatic rings. The van der Waals surface area contributed by atoms with Crippen molar-refractivity contribution in [3.63, 3.8) is 0 Å². The molecule has 1 atom stereocenters. The first-order valence-electron chi connectivity index (χ1n) is 6.96. The van der Waals surface area contributed by atoms with E-state index in [2.05, 4.69) is 5.32 Å². The second kappa shape index (κ2) is 7.50. The summed E-state index contributed by atoms with van der Waals surface area (Å²) in [5.41, 5.74) is 0. The molecule has 0 aliphatic carbocycles. The first-order valence-corrected chi connectivity index (χ1v) is 7.84. The lowest BCUT2D eigenvalue weighted by Gasteiger charge is -2.29. The third-order valence-corrected chi connectivity index (χ3v) is 4.24. The van der Waals surface area contributed by atoms with Crippen LogP contribution in [0.3, 0.4) is 0 Å². The molecule has 19 heavy (non-hydrogen) atoms. The van der Waals surface area contributed by atoms with Crippen molar-refractivity contribution in [2.45, 2.75) is 38.8 Å². The molecule has 0 spiro atoms. The van der Waals surface area contributed by atoms with Gasteiger partial charge in [-0.3, -0.25) is 0 Å². The van der Waals surface area contributed by atoms with E-state index in [1.54, 1.807) is 11.3 Å². The number of likely N-dealkylation sites (N-methyl/N-ethyl adjacent to an activating group) is 1. The van der Waals surface area contributed by atoms with E-state index in [9.17, 15) is 4.79 Å². The summed E-state index contributed by atoms with van der Waals surface area (Å²) in [6, 6.07) is 4.04. The second-order valence-electron chi connectivity index (χ2n) is 4.77. The molecule has 4 nitrogen and oxygen atoms in total. The summed E-state index contributed by atoms with van der Waals surface area (Å²) >= 11 is 1.66. The van der Waals surface area contributed by atoms with Crippen LogP contribution in [0.2, 0.25) is 0 Å². The summed E-state index contributed by atoms with van der Waals surface area (Å²) < 4.78 is 5.69. The number of ether oxygens (including phenoxy) is 1. The highest BCUT2D eigenvalue weighted by atomic mass is 32.1. The van der Waals surface area contributed by atoms with Crippen LogP contribution < -0.4 is 5.32 Å². The molecule has 0 aromatic carbocycles. The molecule has 1 aromatic rings. The van der Waals surface area contributed by atoms with E-state index in [-0.39, 0.29) is 12.1 Å². The van der Waals surface area contributed by atoms with Gasteiger partial charge in [-0.25, -0.2) is 4.79 Å². The van der Waals surface area contributed by atoms with Gasteiger partial charge in [-0.2, -0.15) is 0 Å². The maximum Gasteiger partial charge on any atom is 0.317 e. The zero-order valence-electron chi connectivity index (χ0n) is 11.4. The standard InChI is InChI=1S/C14H22N2O2S/c1-2-16(11-12-6-3-4-8-18-12)14(17)15-10-13-7-5-9-19-13/h5,7,9,12H,2-4,6,8,10-11H2,1H3,(H,15,17). The Morgan fingerprint density at radius 1 is 1.58 bits per heavy atom. The van der Waals surface area contributed by atoms with Crippen LogP contribution in [0.15, 0.2) is 17.5 Å². The van der Waals surface area contributed by atoms with Gasteiger partial charge in [-0.05, 0) is 37.6 Å². The van der Waals surface area contributed by atoms with E-state index >= 15 is 0 Å². The number of amides is 2. The van der Waals surface area contributed by atoms with E-state index in [0.717, 1.165) is 26.0 Å². The lowest BCUT2D eigenvalue weighted by Crippen LogP contribution is -2.44. The summed E-state index contributed by atoms with van der Waals surface area (Å²) in [6.07, 6.45) is 3.63. The van der Waals surface area contributed by atoms with Gasteiger partial charge >= 0.3 is 6.03 Å². The zero-order valence-corrected chi connectivity index (χ0v) is 12.2. The SMILES string of the molecule is CCN(CC1CCCCO1)C(=O)NCc1cccs1. The average molecular weight is 282 g/mol. The number of carbonyl (C=O) groups excluding carboxylic acids is 1. The van der Waals surface area contributed by atoms with Crippen LogP contribution in [-0.2, 0) is 11.3 Å². The summed E-state index contributed by atoms with van der Waals surface area (Å²) in [4.78, 5) is 15.1. The van der Waals surface area contributed by atoms with E-state index in [4.69, 9.17) is 4.74 Å². The topological polar surface area (TPSA) is 41.6 Å². The predicted octanol–water partition coefficient (Wildman–Crippen LogP) is 2.85. The second-order valence-corrected chi connectivity index (χ2v) is 5.80. The van der Waals surface area contributed by atoms with Crippen LogP contribution in [-0.4, -0.2) is 36.7 Å². The summed E-state index contributed by atoms with van der Waals surface area (Å²) in [5, 5.41) is 4.99. The fraction of sp³-hybridized carbons (Fsp3) is 0.643. The number of thiophene rings is 1. The minimum Gasteiger partial charge on any atom is -0.376 e. The van der Waals surface area contributed by atoms with Gasteiger partial charge in [0.15, 0.2) is 0 Å². The van der Waals surface area contributed by atoms with Crippen molar-refractivity contribution in [1.29, 1.82) is 0 Å². The van der Waals surface area contributed by atoms with Gasteiger partial charge in [0, 0.05) is 24.6 Å². The Balaban J connectivity index is 1.77. The van der Waals surface area contributed by atoms with Gasteiger partial charge in [0.05, 0.1) is 12.6 Å². The lowest BCUT2D eigenvalue weighted by atomic mass is 10.1. The third-order valence-electron chi connectivity index (χ3n) is 3.36. The fourth-order valence-electron chi connectivity index (χ4n) is 2.24. The van der Waals surface area contributed by atoms with Crippen LogP contribution in [0.5, 0.6) is 0 Å². The minimum atomic E-state index is 0.00470. The van der Waals surface area contributed by atoms with Gasteiger partial charge in [-0.15, -0.1) is 11.3 Å². The largest absolute Gasteiger partial charge is 0.376 e. The summed E-state index contributed by atoms with van der Waals surface area (Å²) in [5.74, 6) is 0. The van der Waals surface area contributed by atoms with Crippen LogP contribution in [0.4, 0.5) is 4.79 Å². The fourth-order valence-corrected chi connectivity index (χ4v) is 2.89. The van der Waals surface area contributed by atoms with Crippen molar-refractivity contribution in [2.75, 3.05) is 19.7 Å². The van der Waals surface area contributed by atoms with E-state index < -0.39 is 0 Å². The summed E-state index contributed by atoms with van der Waals surface area (Å²) in [6.45, 7) is 4.87. The molecule has 1 saturated heterocycles. The monoisotopic (exact) mass is 282 g/mol. The molecule has 0 radical (unpaired) electrons. The molecule has 5 heteroatoms. The Kier molecular flexibility index (Phi) is 5.66. The van der Waals surface area contributed by atoms with Crippen molar-refractivity contribution in [2.24, 2.45) is 0 Å². The number of carbonyl (C=O) groups is 1.